The van der Waals surface area contributed by atoms with Crippen molar-refractivity contribution >= 4 is 23.3 Å². The van der Waals surface area contributed by atoms with E-state index in [0.29, 0.717) is 5.56 Å². The molecule has 1 aromatic rings. The number of aromatic nitrogens is 1. The van der Waals surface area contributed by atoms with Crippen molar-refractivity contribution in [1.82, 2.24) is 10.3 Å². The molecule has 0 aliphatic rings. The number of carbonyl (C=O) groups is 1. The van der Waals surface area contributed by atoms with Gasteiger partial charge in [-0.05, 0) is 26.8 Å². The van der Waals surface area contributed by atoms with E-state index in [1.165, 1.54) is 26.0 Å². The molecule has 0 saturated carbocycles. The molecule has 0 aromatic carbocycles. The van der Waals surface area contributed by atoms with Crippen molar-refractivity contribution in [1.29, 1.82) is 0 Å². The molecule has 0 radical (unpaired) electrons. The smallest absolute Gasteiger partial charge is 0.422 e. The molecule has 140 valence electrons. The molecule has 10 heteroatoms. The molecule has 0 unspecified atom stereocenters. The number of halogens is 3. The molecule has 0 saturated heterocycles. The summed E-state index contributed by atoms with van der Waals surface area (Å²) in [6, 6.07) is 2.63. The summed E-state index contributed by atoms with van der Waals surface area (Å²) < 4.78 is 46.1. The van der Waals surface area contributed by atoms with E-state index in [2.05, 4.69) is 15.0 Å². The van der Waals surface area contributed by atoms with Crippen molar-refractivity contribution in [3.63, 3.8) is 0 Å². The van der Waals surface area contributed by atoms with Crippen LogP contribution in [-0.4, -0.2) is 40.6 Å². The second kappa shape index (κ2) is 8.43. The van der Waals surface area contributed by atoms with Crippen LogP contribution < -0.4 is 10.1 Å². The molecule has 25 heavy (non-hydrogen) atoms. The van der Waals surface area contributed by atoms with Crippen LogP contribution in [0.15, 0.2) is 12.1 Å². The largest absolute Gasteiger partial charge is 0.468 e. The Hall–Kier alpha value is -1.94. The Labute approximate surface area is 148 Å². The summed E-state index contributed by atoms with van der Waals surface area (Å²) in [6.07, 6.45) is -5.34. The van der Waals surface area contributed by atoms with Gasteiger partial charge in [-0.25, -0.2) is 9.78 Å². The van der Waals surface area contributed by atoms with Crippen LogP contribution in [0.4, 0.5) is 18.0 Å². The predicted octanol–water partition coefficient (Wildman–Crippen LogP) is 2.87. The van der Waals surface area contributed by atoms with Crippen LogP contribution in [-0.2, 0) is 16.8 Å². The van der Waals surface area contributed by atoms with E-state index >= 15 is 0 Å². The van der Waals surface area contributed by atoms with Gasteiger partial charge >= 0.3 is 12.3 Å². The third-order valence-corrected chi connectivity index (χ3v) is 3.08. The number of alkyl carbamates (subject to hydrolysis) is 1. The minimum atomic E-state index is -4.50. The number of amides is 1. The van der Waals surface area contributed by atoms with E-state index in [1.807, 2.05) is 0 Å². The van der Waals surface area contributed by atoms with E-state index in [-0.39, 0.29) is 29.6 Å². The Bertz CT molecular complexity index is 630. The maximum Gasteiger partial charge on any atom is 0.422 e. The highest BCUT2D eigenvalue weighted by molar-refractivity contribution is 7.80. The van der Waals surface area contributed by atoms with Gasteiger partial charge in [-0.15, -0.1) is 0 Å². The molecule has 6 nitrogen and oxygen atoms in total. The molecule has 0 fully saturated rings. The summed E-state index contributed by atoms with van der Waals surface area (Å²) in [4.78, 5) is 15.4. The zero-order valence-corrected chi connectivity index (χ0v) is 14.8. The number of carbonyl (C=O) groups excluding carboxylic acids is 1. The fourth-order valence-electron chi connectivity index (χ4n) is 1.89. The Kier molecular flexibility index (Phi) is 7.12. The molecule has 1 rings (SSSR count). The van der Waals surface area contributed by atoms with Crippen molar-refractivity contribution < 1.29 is 32.5 Å². The van der Waals surface area contributed by atoms with Crippen molar-refractivity contribution in [2.75, 3.05) is 13.2 Å². The molecule has 0 aliphatic heterocycles. The summed E-state index contributed by atoms with van der Waals surface area (Å²) >= 11 is 5.02. The number of pyridine rings is 1. The molecular formula is C15H19F3N2O4S. The third-order valence-electron chi connectivity index (χ3n) is 2.84. The van der Waals surface area contributed by atoms with Gasteiger partial charge in [-0.1, -0.05) is 12.2 Å². The van der Waals surface area contributed by atoms with Crippen LogP contribution in [0.25, 0.3) is 0 Å². The van der Waals surface area contributed by atoms with Crippen LogP contribution in [0.1, 0.15) is 32.0 Å². The maximum atomic E-state index is 12.3. The fourth-order valence-corrected chi connectivity index (χ4v) is 2.11. The fraction of sp³-hybridized carbons (Fsp3) is 0.533. The number of nitrogens with zero attached hydrogens (tertiary/aromatic N) is 1. The van der Waals surface area contributed by atoms with Crippen LogP contribution >= 0.6 is 12.2 Å². The normalized spacial score (nSPS) is 11.8. The number of alkyl halides is 3. The van der Waals surface area contributed by atoms with Crippen molar-refractivity contribution in [2.45, 2.75) is 39.0 Å². The van der Waals surface area contributed by atoms with E-state index < -0.39 is 24.5 Å². The monoisotopic (exact) mass is 380 g/mol. The number of hydrogen-bond acceptors (Lipinski definition) is 6. The van der Waals surface area contributed by atoms with Crippen molar-refractivity contribution in [3.05, 3.63) is 23.4 Å². The minimum Gasteiger partial charge on any atom is -0.468 e. The zero-order valence-electron chi connectivity index (χ0n) is 13.9. The molecule has 0 bridgehead atoms. The topological polar surface area (TPSA) is 80.7 Å². The summed E-state index contributed by atoms with van der Waals surface area (Å²) in [7, 11) is 0. The van der Waals surface area contributed by atoms with Crippen LogP contribution in [0.3, 0.4) is 0 Å². The minimum absolute atomic E-state index is 0.0458. The first-order valence-corrected chi connectivity index (χ1v) is 7.72. The average molecular weight is 380 g/mol. The molecule has 0 spiro atoms. The maximum absolute atomic E-state index is 12.3. The first-order chi connectivity index (χ1) is 11.4. The molecule has 2 N–H and O–H groups in total. The molecule has 1 aromatic heterocycles. The van der Waals surface area contributed by atoms with Crippen molar-refractivity contribution in [2.24, 2.45) is 0 Å². The van der Waals surface area contributed by atoms with E-state index in [4.69, 9.17) is 17.0 Å². The first kappa shape index (κ1) is 21.1. The van der Waals surface area contributed by atoms with Gasteiger partial charge in [0, 0.05) is 18.1 Å². The van der Waals surface area contributed by atoms with Gasteiger partial charge in [0.25, 0.3) is 0 Å². The van der Waals surface area contributed by atoms with Gasteiger partial charge in [-0.2, -0.15) is 13.2 Å². The Morgan fingerprint density at radius 3 is 2.52 bits per heavy atom. The van der Waals surface area contributed by atoms with E-state index in [1.54, 1.807) is 6.92 Å². The number of nitrogens with one attached hydrogen (secondary N) is 1. The standard InChI is InChI=1S/C15H19F3N2O4S/c1-4-23-13(21)20-12(25)7-10-9(14(2,3)22)5-6-11(19-10)24-8-15(16,17)18/h5-6,22H,4,7-8H2,1-3H3,(H,20,21,25). The van der Waals surface area contributed by atoms with E-state index in [0.717, 1.165) is 0 Å². The van der Waals surface area contributed by atoms with Gasteiger partial charge in [0.05, 0.1) is 22.9 Å². The summed E-state index contributed by atoms with van der Waals surface area (Å²) in [6.45, 7) is 3.27. The lowest BCUT2D eigenvalue weighted by atomic mass is 9.95. The SMILES string of the molecule is CCOC(=O)NC(=S)Cc1nc(OCC(F)(F)F)ccc1C(C)(C)O. The summed E-state index contributed by atoms with van der Waals surface area (Å²) in [5.41, 5.74) is -0.779. The molecule has 0 atom stereocenters. The number of ether oxygens (including phenoxy) is 2. The van der Waals surface area contributed by atoms with Gasteiger partial charge in [0.15, 0.2) is 6.61 Å². The molecular weight excluding hydrogens is 361 g/mol. The number of hydrogen-bond donors (Lipinski definition) is 2. The van der Waals surface area contributed by atoms with Gasteiger partial charge in [0.2, 0.25) is 5.88 Å². The highest BCUT2D eigenvalue weighted by atomic mass is 32.1. The Morgan fingerprint density at radius 1 is 1.36 bits per heavy atom. The van der Waals surface area contributed by atoms with Crippen LogP contribution in [0.5, 0.6) is 5.88 Å². The quantitative estimate of drug-likeness (QED) is 0.739. The number of thiocarbonyl (C=S) groups is 1. The second-order valence-corrected chi connectivity index (χ2v) is 6.04. The van der Waals surface area contributed by atoms with Gasteiger partial charge in [-0.3, -0.25) is 5.32 Å². The second-order valence-electron chi connectivity index (χ2n) is 5.55. The third kappa shape index (κ3) is 7.65. The Morgan fingerprint density at radius 2 is 2.00 bits per heavy atom. The first-order valence-electron chi connectivity index (χ1n) is 7.31. The molecule has 0 aliphatic carbocycles. The lowest BCUT2D eigenvalue weighted by Crippen LogP contribution is -2.32. The Balaban J connectivity index is 2.99. The highest BCUT2D eigenvalue weighted by Crippen LogP contribution is 2.26. The van der Waals surface area contributed by atoms with Crippen LogP contribution in [0, 0.1) is 0 Å². The number of aliphatic hydroxyl groups is 1. The lowest BCUT2D eigenvalue weighted by molar-refractivity contribution is -0.154. The van der Waals surface area contributed by atoms with Crippen molar-refractivity contribution in [3.8, 4) is 5.88 Å². The summed E-state index contributed by atoms with van der Waals surface area (Å²) in [5.74, 6) is -0.265. The van der Waals surface area contributed by atoms with Gasteiger partial charge in [0.1, 0.15) is 0 Å². The average Bonchev–Trinajstić information content (AvgIpc) is 2.43. The van der Waals surface area contributed by atoms with Crippen LogP contribution in [0.2, 0.25) is 0 Å². The highest BCUT2D eigenvalue weighted by Gasteiger charge is 2.29. The van der Waals surface area contributed by atoms with Gasteiger partial charge < -0.3 is 14.6 Å². The van der Waals surface area contributed by atoms with E-state index in [9.17, 15) is 23.1 Å². The predicted molar refractivity (Wildman–Crippen MR) is 87.5 cm³/mol. The lowest BCUT2D eigenvalue weighted by Gasteiger charge is -2.22. The summed E-state index contributed by atoms with van der Waals surface area (Å²) in [5, 5.41) is 12.5. The number of rotatable bonds is 6. The molecule has 1 heterocycles. The zero-order chi connectivity index (χ0) is 19.3. The molecule has 1 amide bonds.